The average Bonchev–Trinajstić information content (AvgIpc) is 2.58. The Balaban J connectivity index is 3.21. The summed E-state index contributed by atoms with van der Waals surface area (Å²) in [4.78, 5) is 12.9. The zero-order chi connectivity index (χ0) is 17.3. The van der Waals surface area contributed by atoms with E-state index in [1.54, 1.807) is 18.2 Å². The van der Waals surface area contributed by atoms with Crippen LogP contribution >= 0.6 is 7.37 Å². The van der Waals surface area contributed by atoms with Gasteiger partial charge in [-0.05, 0) is 18.6 Å². The second-order valence-electron chi connectivity index (χ2n) is 4.92. The molecular formula is C16H25O6P. The second kappa shape index (κ2) is 9.71. The maximum absolute atomic E-state index is 13.1. The predicted octanol–water partition coefficient (Wildman–Crippen LogP) is 3.59. The number of benzene rings is 1. The smallest absolute Gasteiger partial charge is 0.271 e. The van der Waals surface area contributed by atoms with Crippen molar-refractivity contribution in [1.29, 1.82) is 0 Å². The highest BCUT2D eigenvalue weighted by molar-refractivity contribution is 7.77. The van der Waals surface area contributed by atoms with Crippen LogP contribution < -0.4 is 9.47 Å². The van der Waals surface area contributed by atoms with Crippen molar-refractivity contribution in [2.24, 2.45) is 0 Å². The van der Waals surface area contributed by atoms with E-state index >= 15 is 0 Å². The molecule has 0 saturated heterocycles. The molecule has 0 spiro atoms. The summed E-state index contributed by atoms with van der Waals surface area (Å²) in [6.07, 6.45) is 1.63. The molecule has 0 fully saturated rings. The molecule has 6 nitrogen and oxygen atoms in total. The second-order valence-corrected chi connectivity index (χ2v) is 7.38. The SMILES string of the molecule is CCCCP(=O)(OCCOC)C(=O)c1c(OC)cccc1OC. The van der Waals surface area contributed by atoms with Crippen LogP contribution in [0.4, 0.5) is 0 Å². The molecule has 130 valence electrons. The standard InChI is InChI=1S/C16H25O6P/c1-5-6-12-23(18,22-11-10-19-2)16(17)15-13(20-3)8-7-9-14(15)21-4/h7-9H,5-6,10-12H2,1-4H3. The highest BCUT2D eigenvalue weighted by Gasteiger charge is 2.37. The summed E-state index contributed by atoms with van der Waals surface area (Å²) < 4.78 is 34.0. The topological polar surface area (TPSA) is 71.1 Å². The Morgan fingerprint density at radius 2 is 1.70 bits per heavy atom. The fourth-order valence-electron chi connectivity index (χ4n) is 2.09. The van der Waals surface area contributed by atoms with Gasteiger partial charge in [0.25, 0.3) is 12.9 Å². The summed E-state index contributed by atoms with van der Waals surface area (Å²) in [5.74, 6) is 0.642. The molecule has 0 saturated carbocycles. The summed E-state index contributed by atoms with van der Waals surface area (Å²) in [5.41, 5.74) is -0.411. The third-order valence-corrected chi connectivity index (χ3v) is 5.69. The van der Waals surface area contributed by atoms with Gasteiger partial charge in [0, 0.05) is 13.3 Å². The molecule has 0 N–H and O–H groups in total. The molecule has 0 heterocycles. The molecule has 1 rings (SSSR count). The van der Waals surface area contributed by atoms with Crippen molar-refractivity contribution in [2.75, 3.05) is 40.7 Å². The third kappa shape index (κ3) is 5.06. The van der Waals surface area contributed by atoms with Crippen LogP contribution in [0.25, 0.3) is 0 Å². The number of hydrogen-bond donors (Lipinski definition) is 0. The monoisotopic (exact) mass is 344 g/mol. The molecule has 1 aromatic carbocycles. The van der Waals surface area contributed by atoms with Crippen molar-refractivity contribution >= 4 is 12.9 Å². The maximum atomic E-state index is 13.1. The van der Waals surface area contributed by atoms with E-state index < -0.39 is 12.9 Å². The number of methoxy groups -OCH3 is 3. The number of ether oxygens (including phenoxy) is 3. The van der Waals surface area contributed by atoms with Crippen LogP contribution in [0.5, 0.6) is 11.5 Å². The first kappa shape index (κ1) is 19.7. The number of carbonyl (C=O) groups is 1. The van der Waals surface area contributed by atoms with Gasteiger partial charge < -0.3 is 18.7 Å². The van der Waals surface area contributed by atoms with Crippen LogP contribution in [0.3, 0.4) is 0 Å². The van der Waals surface area contributed by atoms with Crippen LogP contribution in [0.15, 0.2) is 18.2 Å². The minimum Gasteiger partial charge on any atom is -0.496 e. The van der Waals surface area contributed by atoms with Crippen molar-refractivity contribution in [3.8, 4) is 11.5 Å². The summed E-state index contributed by atoms with van der Waals surface area (Å²) in [6.45, 7) is 2.33. The zero-order valence-corrected chi connectivity index (χ0v) is 15.1. The largest absolute Gasteiger partial charge is 0.496 e. The predicted molar refractivity (Wildman–Crippen MR) is 89.1 cm³/mol. The molecule has 1 atom stereocenters. The van der Waals surface area contributed by atoms with Crippen LogP contribution in [0.2, 0.25) is 0 Å². The van der Waals surface area contributed by atoms with Crippen LogP contribution in [-0.2, 0) is 13.8 Å². The van der Waals surface area contributed by atoms with E-state index in [2.05, 4.69) is 0 Å². The van der Waals surface area contributed by atoms with Crippen molar-refractivity contribution in [2.45, 2.75) is 19.8 Å². The molecule has 0 bridgehead atoms. The van der Waals surface area contributed by atoms with Crippen molar-refractivity contribution in [1.82, 2.24) is 0 Å². The van der Waals surface area contributed by atoms with Gasteiger partial charge in [-0.25, -0.2) is 0 Å². The van der Waals surface area contributed by atoms with Crippen LogP contribution in [0, 0.1) is 0 Å². The van der Waals surface area contributed by atoms with Gasteiger partial charge in [0.05, 0.1) is 27.4 Å². The molecule has 1 unspecified atom stereocenters. The first-order valence-electron chi connectivity index (χ1n) is 7.52. The number of unbranched alkanes of at least 4 members (excludes halogenated alkanes) is 1. The quantitative estimate of drug-likeness (QED) is 0.451. The number of carbonyl (C=O) groups excluding carboxylic acids is 1. The molecule has 1 aromatic rings. The van der Waals surface area contributed by atoms with E-state index in [1.807, 2.05) is 6.92 Å². The zero-order valence-electron chi connectivity index (χ0n) is 14.2. The molecule has 7 heteroatoms. The van der Waals surface area contributed by atoms with Gasteiger partial charge in [-0.3, -0.25) is 9.36 Å². The lowest BCUT2D eigenvalue weighted by molar-refractivity contribution is 0.102. The number of hydrogen-bond acceptors (Lipinski definition) is 6. The van der Waals surface area contributed by atoms with Gasteiger partial charge in [0.2, 0.25) is 0 Å². The van der Waals surface area contributed by atoms with Crippen molar-refractivity contribution < 1.29 is 28.1 Å². The Bertz CT molecular complexity index is 535. The summed E-state index contributed by atoms with van der Waals surface area (Å²) in [6, 6.07) is 4.97. The first-order chi connectivity index (χ1) is 11.0. The molecule has 0 aromatic heterocycles. The van der Waals surface area contributed by atoms with E-state index in [0.717, 1.165) is 6.42 Å². The highest BCUT2D eigenvalue weighted by atomic mass is 31.2. The summed E-state index contributed by atoms with van der Waals surface area (Å²) >= 11 is 0. The highest BCUT2D eigenvalue weighted by Crippen LogP contribution is 2.53. The Morgan fingerprint density at radius 1 is 1.09 bits per heavy atom. The molecule has 0 aliphatic carbocycles. The van der Waals surface area contributed by atoms with Gasteiger partial charge in [-0.1, -0.05) is 19.4 Å². The van der Waals surface area contributed by atoms with Crippen molar-refractivity contribution in [3.63, 3.8) is 0 Å². The number of rotatable bonds is 11. The molecule has 0 amide bonds. The fraction of sp³-hybridized carbons (Fsp3) is 0.562. The Hall–Kier alpha value is -1.36. The lowest BCUT2D eigenvalue weighted by Crippen LogP contribution is -2.12. The molecule has 0 aliphatic rings. The maximum Gasteiger partial charge on any atom is 0.271 e. The molecule has 23 heavy (non-hydrogen) atoms. The van der Waals surface area contributed by atoms with E-state index in [9.17, 15) is 9.36 Å². The molecule has 0 radical (unpaired) electrons. The van der Waals surface area contributed by atoms with Gasteiger partial charge in [0.15, 0.2) is 0 Å². The normalized spacial score (nSPS) is 13.4. The Morgan fingerprint density at radius 3 is 2.17 bits per heavy atom. The first-order valence-corrected chi connectivity index (χ1v) is 9.33. The van der Waals surface area contributed by atoms with Crippen LogP contribution in [0.1, 0.15) is 30.1 Å². The van der Waals surface area contributed by atoms with Gasteiger partial charge in [-0.15, -0.1) is 0 Å². The Labute approximate surface area is 137 Å². The summed E-state index contributed by atoms with van der Waals surface area (Å²) in [5, 5.41) is 0. The summed E-state index contributed by atoms with van der Waals surface area (Å²) in [7, 11) is 0.887. The minimum absolute atomic E-state index is 0.0979. The third-order valence-electron chi connectivity index (χ3n) is 3.34. The minimum atomic E-state index is -3.54. The van der Waals surface area contributed by atoms with Gasteiger partial charge >= 0.3 is 0 Å². The average molecular weight is 344 g/mol. The van der Waals surface area contributed by atoms with E-state index in [1.165, 1.54) is 21.3 Å². The van der Waals surface area contributed by atoms with Crippen LogP contribution in [-0.4, -0.2) is 46.2 Å². The van der Waals surface area contributed by atoms with Gasteiger partial charge in [-0.2, -0.15) is 0 Å². The van der Waals surface area contributed by atoms with E-state index in [4.69, 9.17) is 18.7 Å². The van der Waals surface area contributed by atoms with Crippen molar-refractivity contribution in [3.05, 3.63) is 23.8 Å². The fourth-order valence-corrected chi connectivity index (χ4v) is 4.20. The lowest BCUT2D eigenvalue weighted by Gasteiger charge is -2.19. The molecule has 0 aliphatic heterocycles. The Kier molecular flexibility index (Phi) is 8.31. The van der Waals surface area contributed by atoms with E-state index in [0.29, 0.717) is 17.9 Å². The molecular weight excluding hydrogens is 319 g/mol. The van der Waals surface area contributed by atoms with Gasteiger partial charge in [0.1, 0.15) is 17.1 Å². The van der Waals surface area contributed by atoms with E-state index in [-0.39, 0.29) is 24.9 Å². The lowest BCUT2D eigenvalue weighted by atomic mass is 10.2.